The Balaban J connectivity index is 4.23. The summed E-state index contributed by atoms with van der Waals surface area (Å²) >= 11 is 0. The molecule has 0 fully saturated rings. The number of hydrogen-bond acceptors (Lipinski definition) is 6. The second-order valence-electron chi connectivity index (χ2n) is 22.7. The van der Waals surface area contributed by atoms with Crippen molar-refractivity contribution in [1.82, 2.24) is 0 Å². The number of allylic oxidation sites excluding steroid dienone is 14. The molecule has 0 rings (SSSR count). The van der Waals surface area contributed by atoms with Crippen LogP contribution in [0.25, 0.3) is 0 Å². The normalized spacial score (nSPS) is 12.6. The molecule has 0 saturated heterocycles. The quantitative estimate of drug-likeness (QED) is 0.0261. The van der Waals surface area contributed by atoms with Crippen LogP contribution in [0.5, 0.6) is 0 Å². The molecule has 0 radical (unpaired) electrons. The molecule has 0 heterocycles. The SMILES string of the molecule is CC/C=C\C/C=C\C/C=C\C/C=C\C/C=C\C/C=C\CCCCCCCCCCCCCCC(=O)OCC(COC(=O)CCCCCCC/C=C\CCCCCCC)OC(=O)CCCCCCCCCCCCCCCCCC. The highest BCUT2D eigenvalue weighted by molar-refractivity contribution is 5.71. The van der Waals surface area contributed by atoms with Crippen LogP contribution in [0.2, 0.25) is 0 Å². The van der Waals surface area contributed by atoms with Crippen LogP contribution in [0.15, 0.2) is 85.1 Å². The molecule has 0 N–H and O–H groups in total. The second kappa shape index (κ2) is 67.1. The lowest BCUT2D eigenvalue weighted by Gasteiger charge is -2.18. The molecule has 1 unspecified atom stereocenters. The van der Waals surface area contributed by atoms with E-state index in [0.717, 1.165) is 103 Å². The van der Waals surface area contributed by atoms with Gasteiger partial charge in [-0.3, -0.25) is 14.4 Å². The topological polar surface area (TPSA) is 78.9 Å². The summed E-state index contributed by atoms with van der Waals surface area (Å²) in [5.41, 5.74) is 0. The van der Waals surface area contributed by atoms with Gasteiger partial charge < -0.3 is 14.2 Å². The lowest BCUT2D eigenvalue weighted by Crippen LogP contribution is -2.30. The molecule has 0 aliphatic carbocycles. The largest absolute Gasteiger partial charge is 0.462 e. The number of carbonyl (C=O) groups is 3. The van der Waals surface area contributed by atoms with Crippen molar-refractivity contribution in [2.45, 2.75) is 348 Å². The Morgan fingerprint density at radius 3 is 0.785 bits per heavy atom. The molecular formula is C73H128O6. The molecule has 1 atom stereocenters. The Bertz CT molecular complexity index is 1500. The van der Waals surface area contributed by atoms with Crippen molar-refractivity contribution in [3.8, 4) is 0 Å². The predicted octanol–water partition coefficient (Wildman–Crippen LogP) is 23.4. The third kappa shape index (κ3) is 65.3. The summed E-state index contributed by atoms with van der Waals surface area (Å²) in [5.74, 6) is -0.868. The van der Waals surface area contributed by atoms with Crippen molar-refractivity contribution in [2.75, 3.05) is 13.2 Å². The first-order valence-corrected chi connectivity index (χ1v) is 34.1. The van der Waals surface area contributed by atoms with Gasteiger partial charge in [-0.15, -0.1) is 0 Å². The zero-order valence-electron chi connectivity index (χ0n) is 52.4. The molecule has 0 aromatic rings. The fourth-order valence-corrected chi connectivity index (χ4v) is 9.80. The molecule has 0 aliphatic rings. The minimum Gasteiger partial charge on any atom is -0.462 e. The van der Waals surface area contributed by atoms with Crippen molar-refractivity contribution < 1.29 is 28.6 Å². The van der Waals surface area contributed by atoms with Gasteiger partial charge in [0.15, 0.2) is 6.10 Å². The van der Waals surface area contributed by atoms with E-state index in [1.54, 1.807) is 0 Å². The molecule has 0 aromatic carbocycles. The summed E-state index contributed by atoms with van der Waals surface area (Å²) < 4.78 is 17.0. The van der Waals surface area contributed by atoms with Gasteiger partial charge in [0.2, 0.25) is 0 Å². The Hall–Kier alpha value is -3.41. The lowest BCUT2D eigenvalue weighted by molar-refractivity contribution is -0.167. The van der Waals surface area contributed by atoms with Crippen LogP contribution in [-0.2, 0) is 28.6 Å². The number of esters is 3. The van der Waals surface area contributed by atoms with Gasteiger partial charge in [0, 0.05) is 19.3 Å². The molecule has 79 heavy (non-hydrogen) atoms. The number of unbranched alkanes of at least 4 members (excludes halogenated alkanes) is 37. The van der Waals surface area contributed by atoms with Gasteiger partial charge in [-0.25, -0.2) is 0 Å². The maximum absolute atomic E-state index is 12.9. The van der Waals surface area contributed by atoms with Gasteiger partial charge in [0.1, 0.15) is 13.2 Å². The summed E-state index contributed by atoms with van der Waals surface area (Å²) in [5, 5.41) is 0. The van der Waals surface area contributed by atoms with Gasteiger partial charge in [0.05, 0.1) is 0 Å². The lowest BCUT2D eigenvalue weighted by atomic mass is 10.0. The standard InChI is InChI=1S/C73H128O6/c1-4-7-10-13-16-19-22-25-28-30-31-32-33-34-35-36-37-38-39-40-41-42-43-44-46-48-51-54-57-60-63-66-72(75)78-69-70(68-77-71(74)65-62-59-56-53-50-47-27-24-21-18-15-12-9-6-3)79-73(76)67-64-61-58-55-52-49-45-29-26-23-20-17-14-11-8-5-2/h7,10,16,19,24-25,27-28,31-32,34-35,37-38,70H,4-6,8-9,11-15,17-18,20-23,26,29-30,33,36,39-69H2,1-3H3/b10-7-,19-16-,27-24-,28-25-,32-31-,35-34-,38-37-. The van der Waals surface area contributed by atoms with Crippen LogP contribution in [0.3, 0.4) is 0 Å². The van der Waals surface area contributed by atoms with Crippen molar-refractivity contribution in [3.05, 3.63) is 85.1 Å². The van der Waals surface area contributed by atoms with Crippen molar-refractivity contribution in [1.29, 1.82) is 0 Å². The molecule has 0 aromatic heterocycles. The van der Waals surface area contributed by atoms with Crippen LogP contribution < -0.4 is 0 Å². The zero-order valence-corrected chi connectivity index (χ0v) is 52.4. The molecule has 6 nitrogen and oxygen atoms in total. The molecule has 0 amide bonds. The average Bonchev–Trinajstić information content (AvgIpc) is 3.45. The Morgan fingerprint density at radius 2 is 0.494 bits per heavy atom. The molecule has 0 aliphatic heterocycles. The van der Waals surface area contributed by atoms with Crippen LogP contribution in [0, 0.1) is 0 Å². The van der Waals surface area contributed by atoms with Crippen LogP contribution >= 0.6 is 0 Å². The van der Waals surface area contributed by atoms with E-state index < -0.39 is 6.10 Å². The molecule has 6 heteroatoms. The van der Waals surface area contributed by atoms with E-state index in [4.69, 9.17) is 14.2 Å². The molecule has 0 bridgehead atoms. The fourth-order valence-electron chi connectivity index (χ4n) is 9.80. The highest BCUT2D eigenvalue weighted by Gasteiger charge is 2.19. The molecule has 0 spiro atoms. The number of carbonyl (C=O) groups excluding carboxylic acids is 3. The Labute approximate surface area is 490 Å². The number of rotatable bonds is 62. The minimum absolute atomic E-state index is 0.0758. The van der Waals surface area contributed by atoms with Crippen molar-refractivity contribution in [2.24, 2.45) is 0 Å². The van der Waals surface area contributed by atoms with Crippen molar-refractivity contribution in [3.63, 3.8) is 0 Å². The molecular weight excluding hydrogens is 973 g/mol. The summed E-state index contributed by atoms with van der Waals surface area (Å²) in [4.78, 5) is 38.4. The average molecular weight is 1100 g/mol. The Kier molecular flexibility index (Phi) is 64.2. The minimum atomic E-state index is -0.779. The summed E-state index contributed by atoms with van der Waals surface area (Å²) in [6, 6.07) is 0. The maximum Gasteiger partial charge on any atom is 0.306 e. The van der Waals surface area contributed by atoms with Crippen LogP contribution in [0.4, 0.5) is 0 Å². The maximum atomic E-state index is 12.9. The van der Waals surface area contributed by atoms with E-state index in [1.807, 2.05) is 0 Å². The highest BCUT2D eigenvalue weighted by atomic mass is 16.6. The third-order valence-electron chi connectivity index (χ3n) is 14.9. The second-order valence-corrected chi connectivity index (χ2v) is 22.7. The smallest absolute Gasteiger partial charge is 0.306 e. The van der Waals surface area contributed by atoms with E-state index in [0.29, 0.717) is 19.3 Å². The van der Waals surface area contributed by atoms with Gasteiger partial charge in [-0.05, 0) is 96.3 Å². The fraction of sp³-hybridized carbons (Fsp3) is 0.767. The Morgan fingerprint density at radius 1 is 0.266 bits per heavy atom. The summed E-state index contributed by atoms with van der Waals surface area (Å²) in [6.45, 7) is 6.55. The van der Waals surface area contributed by atoms with E-state index in [9.17, 15) is 14.4 Å². The first kappa shape index (κ1) is 75.6. The van der Waals surface area contributed by atoms with E-state index in [2.05, 4.69) is 106 Å². The summed E-state index contributed by atoms with van der Waals surface area (Å²) in [6.07, 6.45) is 88.8. The summed E-state index contributed by atoms with van der Waals surface area (Å²) in [7, 11) is 0. The monoisotopic (exact) mass is 1100 g/mol. The first-order chi connectivity index (χ1) is 39.0. The van der Waals surface area contributed by atoms with Gasteiger partial charge >= 0.3 is 17.9 Å². The zero-order chi connectivity index (χ0) is 57.1. The van der Waals surface area contributed by atoms with Gasteiger partial charge in [-0.2, -0.15) is 0 Å². The van der Waals surface area contributed by atoms with E-state index in [-0.39, 0.29) is 31.1 Å². The van der Waals surface area contributed by atoms with E-state index >= 15 is 0 Å². The van der Waals surface area contributed by atoms with Gasteiger partial charge in [-0.1, -0.05) is 311 Å². The van der Waals surface area contributed by atoms with Crippen LogP contribution in [0.1, 0.15) is 342 Å². The number of ether oxygens (including phenoxy) is 3. The predicted molar refractivity (Wildman–Crippen MR) is 344 cm³/mol. The third-order valence-corrected chi connectivity index (χ3v) is 14.9. The van der Waals surface area contributed by atoms with E-state index in [1.165, 1.54) is 199 Å². The molecule has 0 saturated carbocycles. The molecule has 456 valence electrons. The highest BCUT2D eigenvalue weighted by Crippen LogP contribution is 2.17. The first-order valence-electron chi connectivity index (χ1n) is 34.1. The van der Waals surface area contributed by atoms with Crippen LogP contribution in [-0.4, -0.2) is 37.2 Å². The van der Waals surface area contributed by atoms with Crippen molar-refractivity contribution >= 4 is 17.9 Å². The van der Waals surface area contributed by atoms with Gasteiger partial charge in [0.25, 0.3) is 0 Å². The number of hydrogen-bond donors (Lipinski definition) is 0.